The summed E-state index contributed by atoms with van der Waals surface area (Å²) < 4.78 is 21.6. The van der Waals surface area contributed by atoms with Crippen molar-refractivity contribution >= 4 is 17.7 Å². The number of ether oxygens (including phenoxy) is 3. The SMILES string of the molecule is COc1ccc(CNC(=O)CSCc2nc(-c3ccc(OC)c(OC)c3)oc2C)cc1. The first-order valence-electron chi connectivity index (χ1n) is 9.70. The third-order valence-electron chi connectivity index (χ3n) is 4.64. The average molecular weight is 443 g/mol. The monoisotopic (exact) mass is 442 g/mol. The van der Waals surface area contributed by atoms with Crippen LogP contribution in [0.2, 0.25) is 0 Å². The molecule has 0 bridgehead atoms. The molecule has 2 aromatic carbocycles. The summed E-state index contributed by atoms with van der Waals surface area (Å²) in [6.45, 7) is 2.35. The smallest absolute Gasteiger partial charge is 0.230 e. The number of nitrogens with zero attached hydrogens (tertiary/aromatic N) is 1. The van der Waals surface area contributed by atoms with E-state index >= 15 is 0 Å². The Balaban J connectivity index is 1.52. The van der Waals surface area contributed by atoms with Crippen LogP contribution in [0.4, 0.5) is 0 Å². The predicted octanol–water partition coefficient (Wildman–Crippen LogP) is 4.23. The molecule has 0 spiro atoms. The van der Waals surface area contributed by atoms with Crippen molar-refractivity contribution in [3.05, 3.63) is 59.5 Å². The van der Waals surface area contributed by atoms with Crippen molar-refractivity contribution < 1.29 is 23.4 Å². The van der Waals surface area contributed by atoms with Crippen LogP contribution in [0.5, 0.6) is 17.2 Å². The quantitative estimate of drug-likeness (QED) is 0.503. The molecule has 0 aliphatic rings. The Morgan fingerprint density at radius 1 is 1.03 bits per heavy atom. The fourth-order valence-corrected chi connectivity index (χ4v) is 3.74. The third kappa shape index (κ3) is 5.95. The minimum atomic E-state index is -0.0259. The van der Waals surface area contributed by atoms with Crippen molar-refractivity contribution in [2.75, 3.05) is 27.1 Å². The largest absolute Gasteiger partial charge is 0.497 e. The van der Waals surface area contributed by atoms with Crippen LogP contribution >= 0.6 is 11.8 Å². The van der Waals surface area contributed by atoms with Crippen LogP contribution in [-0.4, -0.2) is 38.0 Å². The van der Waals surface area contributed by atoms with Crippen molar-refractivity contribution in [2.45, 2.75) is 19.2 Å². The van der Waals surface area contributed by atoms with Gasteiger partial charge in [-0.25, -0.2) is 4.98 Å². The van der Waals surface area contributed by atoms with Gasteiger partial charge in [-0.15, -0.1) is 11.8 Å². The number of hydrogen-bond acceptors (Lipinski definition) is 7. The molecule has 3 rings (SSSR count). The maximum absolute atomic E-state index is 12.1. The van der Waals surface area contributed by atoms with Gasteiger partial charge in [0.25, 0.3) is 0 Å². The molecule has 7 nitrogen and oxygen atoms in total. The van der Waals surface area contributed by atoms with E-state index in [2.05, 4.69) is 10.3 Å². The number of methoxy groups -OCH3 is 3. The minimum absolute atomic E-state index is 0.0259. The van der Waals surface area contributed by atoms with Crippen molar-refractivity contribution in [1.82, 2.24) is 10.3 Å². The number of rotatable bonds is 10. The summed E-state index contributed by atoms with van der Waals surface area (Å²) >= 11 is 1.49. The number of aromatic nitrogens is 1. The van der Waals surface area contributed by atoms with Crippen LogP contribution < -0.4 is 19.5 Å². The zero-order valence-electron chi connectivity index (χ0n) is 18.1. The van der Waals surface area contributed by atoms with Gasteiger partial charge in [0.1, 0.15) is 11.5 Å². The summed E-state index contributed by atoms with van der Waals surface area (Å²) in [5.41, 5.74) is 2.64. The van der Waals surface area contributed by atoms with Gasteiger partial charge in [0.05, 0.1) is 32.8 Å². The lowest BCUT2D eigenvalue weighted by atomic mass is 10.2. The molecule has 0 aliphatic carbocycles. The van der Waals surface area contributed by atoms with E-state index in [1.165, 1.54) is 11.8 Å². The van der Waals surface area contributed by atoms with Crippen LogP contribution in [0, 0.1) is 6.92 Å². The number of oxazole rings is 1. The molecule has 1 amide bonds. The highest BCUT2D eigenvalue weighted by Gasteiger charge is 2.14. The summed E-state index contributed by atoms with van der Waals surface area (Å²) in [7, 11) is 4.81. The average Bonchev–Trinajstić information content (AvgIpc) is 3.17. The van der Waals surface area contributed by atoms with Crippen LogP contribution in [0.15, 0.2) is 46.9 Å². The molecular weight excluding hydrogens is 416 g/mol. The molecule has 0 unspecified atom stereocenters. The number of carbonyl (C=O) groups excluding carboxylic acids is 1. The molecule has 8 heteroatoms. The van der Waals surface area contributed by atoms with Gasteiger partial charge in [0, 0.05) is 17.9 Å². The number of hydrogen-bond donors (Lipinski definition) is 1. The summed E-state index contributed by atoms with van der Waals surface area (Å²) in [5, 5.41) is 2.92. The number of thioether (sulfide) groups is 1. The highest BCUT2D eigenvalue weighted by molar-refractivity contribution is 7.99. The fourth-order valence-electron chi connectivity index (χ4n) is 2.89. The lowest BCUT2D eigenvalue weighted by Gasteiger charge is -2.07. The normalized spacial score (nSPS) is 10.6. The molecule has 0 aliphatic heterocycles. The van der Waals surface area contributed by atoms with E-state index in [4.69, 9.17) is 18.6 Å². The molecule has 1 aromatic heterocycles. The van der Waals surface area contributed by atoms with E-state index in [9.17, 15) is 4.79 Å². The van der Waals surface area contributed by atoms with Crippen LogP contribution in [0.3, 0.4) is 0 Å². The molecule has 31 heavy (non-hydrogen) atoms. The van der Waals surface area contributed by atoms with Gasteiger partial charge in [0.15, 0.2) is 11.5 Å². The number of aryl methyl sites for hydroxylation is 1. The second-order valence-electron chi connectivity index (χ2n) is 6.71. The first kappa shape index (κ1) is 22.6. The Labute approximate surface area is 186 Å². The van der Waals surface area contributed by atoms with E-state index in [-0.39, 0.29) is 5.91 Å². The molecule has 164 valence electrons. The summed E-state index contributed by atoms with van der Waals surface area (Å²) in [6.07, 6.45) is 0. The number of nitrogens with one attached hydrogen (secondary N) is 1. The van der Waals surface area contributed by atoms with Crippen molar-refractivity contribution in [3.63, 3.8) is 0 Å². The number of benzene rings is 2. The summed E-state index contributed by atoms with van der Waals surface area (Å²) in [6, 6.07) is 13.1. The van der Waals surface area contributed by atoms with Gasteiger partial charge in [-0.05, 0) is 42.8 Å². The maximum atomic E-state index is 12.1. The van der Waals surface area contributed by atoms with Crippen LogP contribution in [0.25, 0.3) is 11.5 Å². The lowest BCUT2D eigenvalue weighted by molar-refractivity contribution is -0.118. The molecule has 0 radical (unpaired) electrons. The molecular formula is C23H26N2O5S. The highest BCUT2D eigenvalue weighted by atomic mass is 32.2. The van der Waals surface area contributed by atoms with E-state index < -0.39 is 0 Å². The first-order chi connectivity index (χ1) is 15.0. The van der Waals surface area contributed by atoms with Gasteiger partial charge in [-0.1, -0.05) is 12.1 Å². The van der Waals surface area contributed by atoms with Crippen LogP contribution in [-0.2, 0) is 17.1 Å². The highest BCUT2D eigenvalue weighted by Crippen LogP contribution is 2.33. The number of amides is 1. The first-order valence-corrected chi connectivity index (χ1v) is 10.9. The Morgan fingerprint density at radius 2 is 1.77 bits per heavy atom. The predicted molar refractivity (Wildman–Crippen MR) is 121 cm³/mol. The van der Waals surface area contributed by atoms with Gasteiger partial charge < -0.3 is 23.9 Å². The molecule has 0 saturated carbocycles. The maximum Gasteiger partial charge on any atom is 0.230 e. The zero-order chi connectivity index (χ0) is 22.2. The van der Waals surface area contributed by atoms with Gasteiger partial charge in [-0.2, -0.15) is 0 Å². The second kappa shape index (κ2) is 10.8. The number of carbonyl (C=O) groups is 1. The standard InChI is InChI=1S/C23H26N2O5S/c1-15-19(25-23(30-15)17-7-10-20(28-3)21(11-17)29-4)13-31-14-22(26)24-12-16-5-8-18(27-2)9-6-16/h5-11H,12-14H2,1-4H3,(H,24,26). The van der Waals surface area contributed by atoms with Crippen molar-refractivity contribution in [3.8, 4) is 28.7 Å². The summed E-state index contributed by atoms with van der Waals surface area (Å²) in [5.74, 6) is 4.19. The van der Waals surface area contributed by atoms with E-state index in [1.54, 1.807) is 21.3 Å². The Kier molecular flexibility index (Phi) is 7.83. The topological polar surface area (TPSA) is 82.8 Å². The lowest BCUT2D eigenvalue weighted by Crippen LogP contribution is -2.24. The van der Waals surface area contributed by atoms with E-state index in [1.807, 2.05) is 49.4 Å². The van der Waals surface area contributed by atoms with Gasteiger partial charge in [0.2, 0.25) is 11.8 Å². The Bertz CT molecular complexity index is 1020. The zero-order valence-corrected chi connectivity index (χ0v) is 18.9. The molecule has 3 aromatic rings. The third-order valence-corrected chi connectivity index (χ3v) is 5.59. The van der Waals surface area contributed by atoms with Crippen molar-refractivity contribution in [2.24, 2.45) is 0 Å². The Hall–Kier alpha value is -3.13. The fraction of sp³-hybridized carbons (Fsp3) is 0.304. The molecule has 0 saturated heterocycles. The van der Waals surface area contributed by atoms with Crippen molar-refractivity contribution in [1.29, 1.82) is 0 Å². The van der Waals surface area contributed by atoms with E-state index in [0.717, 1.165) is 28.3 Å². The van der Waals surface area contributed by atoms with Gasteiger partial charge in [-0.3, -0.25) is 4.79 Å². The molecule has 0 atom stereocenters. The summed E-state index contributed by atoms with van der Waals surface area (Å²) in [4.78, 5) is 16.7. The molecule has 1 heterocycles. The Morgan fingerprint density at radius 3 is 2.45 bits per heavy atom. The van der Waals surface area contributed by atoms with Gasteiger partial charge >= 0.3 is 0 Å². The molecule has 0 fully saturated rings. The molecule has 1 N–H and O–H groups in total. The van der Waals surface area contributed by atoms with Crippen LogP contribution in [0.1, 0.15) is 17.0 Å². The van der Waals surface area contributed by atoms with E-state index in [0.29, 0.717) is 35.4 Å². The second-order valence-corrected chi connectivity index (χ2v) is 7.69. The minimum Gasteiger partial charge on any atom is -0.497 e.